The molecule has 0 bridgehead atoms. The van der Waals surface area contributed by atoms with E-state index in [1.54, 1.807) is 23.4 Å². The van der Waals surface area contributed by atoms with Gasteiger partial charge in [-0.2, -0.15) is 10.1 Å². The lowest BCUT2D eigenvalue weighted by Crippen LogP contribution is -2.24. The summed E-state index contributed by atoms with van der Waals surface area (Å²) >= 11 is 0. The van der Waals surface area contributed by atoms with E-state index in [1.807, 2.05) is 55.8 Å². The maximum atomic E-state index is 12.3. The first-order valence-corrected chi connectivity index (χ1v) is 8.71. The number of nitrogens with one attached hydrogen (secondary N) is 2. The number of rotatable bonds is 4. The molecular formula is C19H21N7O. The van der Waals surface area contributed by atoms with Crippen molar-refractivity contribution in [1.29, 1.82) is 0 Å². The Kier molecular flexibility index (Phi) is 4.02. The van der Waals surface area contributed by atoms with E-state index in [4.69, 9.17) is 0 Å². The monoisotopic (exact) mass is 363 g/mol. The van der Waals surface area contributed by atoms with Crippen LogP contribution >= 0.6 is 0 Å². The third-order valence-corrected chi connectivity index (χ3v) is 4.27. The molecule has 138 valence electrons. The summed E-state index contributed by atoms with van der Waals surface area (Å²) < 4.78 is 3.71. The standard InChI is InChI=1S/C19H21N7O/c1-19(2,3)26-16-15(11-22-26)17(27)24-18(23-16)21-10-13-4-6-14(7-5-13)25-9-8-20-12-25/h4-9,11-12H,10H2,1-3H3,(H2,21,23,24,27). The van der Waals surface area contributed by atoms with E-state index in [0.29, 0.717) is 23.5 Å². The fourth-order valence-electron chi connectivity index (χ4n) is 2.88. The Morgan fingerprint density at radius 1 is 1.19 bits per heavy atom. The van der Waals surface area contributed by atoms with E-state index >= 15 is 0 Å². The zero-order chi connectivity index (χ0) is 19.0. The summed E-state index contributed by atoms with van der Waals surface area (Å²) in [5.41, 5.74) is 2.23. The molecule has 0 unspecified atom stereocenters. The van der Waals surface area contributed by atoms with Gasteiger partial charge in [0.25, 0.3) is 5.56 Å². The lowest BCUT2D eigenvalue weighted by Gasteiger charge is -2.19. The number of hydrogen-bond donors (Lipinski definition) is 2. The second kappa shape index (κ2) is 6.39. The Morgan fingerprint density at radius 3 is 2.63 bits per heavy atom. The van der Waals surface area contributed by atoms with Gasteiger partial charge in [-0.15, -0.1) is 0 Å². The molecule has 27 heavy (non-hydrogen) atoms. The van der Waals surface area contributed by atoms with E-state index in [0.717, 1.165) is 11.3 Å². The van der Waals surface area contributed by atoms with Gasteiger partial charge in [0.15, 0.2) is 5.65 Å². The van der Waals surface area contributed by atoms with Crippen molar-refractivity contribution < 1.29 is 0 Å². The predicted octanol–water partition coefficient (Wildman–Crippen LogP) is 2.67. The Hall–Kier alpha value is -3.42. The van der Waals surface area contributed by atoms with Gasteiger partial charge in [-0.1, -0.05) is 12.1 Å². The van der Waals surface area contributed by atoms with Crippen molar-refractivity contribution in [2.24, 2.45) is 0 Å². The van der Waals surface area contributed by atoms with E-state index in [-0.39, 0.29) is 11.1 Å². The van der Waals surface area contributed by atoms with Crippen molar-refractivity contribution in [2.75, 3.05) is 5.32 Å². The molecule has 4 rings (SSSR count). The number of fused-ring (bicyclic) bond motifs is 1. The van der Waals surface area contributed by atoms with Crippen molar-refractivity contribution in [3.8, 4) is 5.69 Å². The van der Waals surface area contributed by atoms with Crippen LogP contribution in [0.4, 0.5) is 5.95 Å². The van der Waals surface area contributed by atoms with Crippen LogP contribution in [0.15, 0.2) is 54.0 Å². The summed E-state index contributed by atoms with van der Waals surface area (Å²) in [6.45, 7) is 6.62. The number of anilines is 1. The maximum absolute atomic E-state index is 12.3. The number of benzene rings is 1. The Balaban J connectivity index is 1.56. The fraction of sp³-hybridized carbons (Fsp3) is 0.263. The van der Waals surface area contributed by atoms with Crippen LogP contribution in [-0.2, 0) is 12.1 Å². The molecule has 8 heteroatoms. The van der Waals surface area contributed by atoms with Crippen LogP contribution in [0.3, 0.4) is 0 Å². The molecule has 0 aliphatic heterocycles. The minimum atomic E-state index is -0.261. The molecule has 0 radical (unpaired) electrons. The van der Waals surface area contributed by atoms with Gasteiger partial charge in [0.2, 0.25) is 5.95 Å². The molecule has 0 atom stereocenters. The number of imidazole rings is 1. The Bertz CT molecular complexity index is 1120. The Morgan fingerprint density at radius 2 is 1.96 bits per heavy atom. The van der Waals surface area contributed by atoms with Crippen LogP contribution in [0.1, 0.15) is 26.3 Å². The van der Waals surface area contributed by atoms with E-state index in [1.165, 1.54) is 0 Å². The van der Waals surface area contributed by atoms with Crippen LogP contribution in [0.5, 0.6) is 0 Å². The highest BCUT2D eigenvalue weighted by atomic mass is 16.1. The van der Waals surface area contributed by atoms with Crippen molar-refractivity contribution in [3.63, 3.8) is 0 Å². The van der Waals surface area contributed by atoms with Crippen LogP contribution < -0.4 is 10.9 Å². The maximum Gasteiger partial charge on any atom is 0.263 e. The number of nitrogens with zero attached hydrogens (tertiary/aromatic N) is 5. The van der Waals surface area contributed by atoms with Crippen molar-refractivity contribution in [2.45, 2.75) is 32.9 Å². The molecule has 0 amide bonds. The molecule has 8 nitrogen and oxygen atoms in total. The second-order valence-corrected chi connectivity index (χ2v) is 7.37. The lowest BCUT2D eigenvalue weighted by atomic mass is 10.1. The largest absolute Gasteiger partial charge is 0.352 e. The lowest BCUT2D eigenvalue weighted by molar-refractivity contribution is 0.366. The zero-order valence-electron chi connectivity index (χ0n) is 15.5. The zero-order valence-corrected chi connectivity index (χ0v) is 15.5. The second-order valence-electron chi connectivity index (χ2n) is 7.37. The average Bonchev–Trinajstić information content (AvgIpc) is 3.30. The molecule has 2 N–H and O–H groups in total. The van der Waals surface area contributed by atoms with Crippen molar-refractivity contribution in [1.82, 2.24) is 29.3 Å². The van der Waals surface area contributed by atoms with E-state index in [2.05, 4.69) is 25.4 Å². The van der Waals surface area contributed by atoms with Crippen molar-refractivity contribution >= 4 is 17.0 Å². The summed E-state index contributed by atoms with van der Waals surface area (Å²) in [6, 6.07) is 8.09. The van der Waals surface area contributed by atoms with Crippen molar-refractivity contribution in [3.05, 3.63) is 65.1 Å². The molecular weight excluding hydrogens is 342 g/mol. The molecule has 3 aromatic heterocycles. The molecule has 0 saturated carbocycles. The van der Waals surface area contributed by atoms with Gasteiger partial charge in [0.1, 0.15) is 5.39 Å². The predicted molar refractivity (Wildman–Crippen MR) is 104 cm³/mol. The molecule has 0 aliphatic rings. The van der Waals surface area contributed by atoms with Gasteiger partial charge in [-0.05, 0) is 38.5 Å². The highest BCUT2D eigenvalue weighted by molar-refractivity contribution is 5.74. The average molecular weight is 363 g/mol. The molecule has 3 heterocycles. The quantitative estimate of drug-likeness (QED) is 0.581. The summed E-state index contributed by atoms with van der Waals surface area (Å²) in [7, 11) is 0. The van der Waals surface area contributed by atoms with Gasteiger partial charge < -0.3 is 9.88 Å². The first kappa shape index (κ1) is 17.0. The SMILES string of the molecule is CC(C)(C)n1ncc2c(=O)[nH]c(NCc3ccc(-n4ccnc4)cc3)nc21. The van der Waals surface area contributed by atoms with Gasteiger partial charge in [0, 0.05) is 24.6 Å². The topological polar surface area (TPSA) is 93.4 Å². The van der Waals surface area contributed by atoms with Gasteiger partial charge in [0.05, 0.1) is 18.1 Å². The summed E-state index contributed by atoms with van der Waals surface area (Å²) in [4.78, 5) is 23.7. The van der Waals surface area contributed by atoms with Crippen LogP contribution in [0.25, 0.3) is 16.7 Å². The van der Waals surface area contributed by atoms with Gasteiger partial charge in [-0.25, -0.2) is 9.67 Å². The summed E-state index contributed by atoms with van der Waals surface area (Å²) in [5, 5.41) is 8.00. The van der Waals surface area contributed by atoms with E-state index in [9.17, 15) is 4.79 Å². The number of H-pyrrole nitrogens is 1. The highest BCUT2D eigenvalue weighted by Crippen LogP contribution is 2.19. The molecule has 0 saturated heterocycles. The van der Waals surface area contributed by atoms with Crippen LogP contribution in [-0.4, -0.2) is 29.3 Å². The third kappa shape index (κ3) is 3.33. The Labute approximate surface area is 155 Å². The number of aromatic amines is 1. The summed E-state index contributed by atoms with van der Waals surface area (Å²) in [6.07, 6.45) is 6.96. The van der Waals surface area contributed by atoms with Crippen LogP contribution in [0.2, 0.25) is 0 Å². The fourth-order valence-corrected chi connectivity index (χ4v) is 2.88. The number of aromatic nitrogens is 6. The first-order chi connectivity index (χ1) is 12.9. The molecule has 0 spiro atoms. The van der Waals surface area contributed by atoms with Gasteiger partial charge in [-0.3, -0.25) is 9.78 Å². The van der Waals surface area contributed by atoms with Gasteiger partial charge >= 0.3 is 0 Å². The molecule has 0 fully saturated rings. The normalized spacial score (nSPS) is 11.8. The minimum absolute atomic E-state index is 0.201. The van der Waals surface area contributed by atoms with E-state index < -0.39 is 0 Å². The smallest absolute Gasteiger partial charge is 0.263 e. The molecule has 0 aliphatic carbocycles. The van der Waals surface area contributed by atoms with Crippen LogP contribution in [0, 0.1) is 0 Å². The minimum Gasteiger partial charge on any atom is -0.352 e. The first-order valence-electron chi connectivity index (χ1n) is 8.71. The third-order valence-electron chi connectivity index (χ3n) is 4.27. The molecule has 4 aromatic rings. The highest BCUT2D eigenvalue weighted by Gasteiger charge is 2.19. The number of hydrogen-bond acceptors (Lipinski definition) is 5. The molecule has 1 aromatic carbocycles. The summed E-state index contributed by atoms with van der Waals surface area (Å²) in [5.74, 6) is 0.428.